The van der Waals surface area contributed by atoms with Crippen LogP contribution in [0.5, 0.6) is 0 Å². The Labute approximate surface area is 142 Å². The Morgan fingerprint density at radius 3 is 2.71 bits per heavy atom. The minimum absolute atomic E-state index is 0.124. The van der Waals surface area contributed by atoms with Crippen LogP contribution >= 0.6 is 23.1 Å². The summed E-state index contributed by atoms with van der Waals surface area (Å²) in [5, 5.41) is 14.5. The third kappa shape index (κ3) is 4.68. The van der Waals surface area contributed by atoms with E-state index in [0.29, 0.717) is 10.4 Å². The molecule has 0 radical (unpaired) electrons. The van der Waals surface area contributed by atoms with Crippen molar-refractivity contribution >= 4 is 40.4 Å². The van der Waals surface area contributed by atoms with Gasteiger partial charge in [0.05, 0.1) is 21.9 Å². The van der Waals surface area contributed by atoms with E-state index in [1.165, 1.54) is 11.3 Å². The molecule has 0 atom stereocenters. The van der Waals surface area contributed by atoms with Crippen LogP contribution < -0.4 is 5.32 Å². The smallest absolute Gasteiger partial charge is 0.325 e. The number of nitrogens with zero attached hydrogens (tertiary/aromatic N) is 2. The van der Waals surface area contributed by atoms with Gasteiger partial charge in [-0.2, -0.15) is 13.2 Å². The molecule has 1 aromatic heterocycles. The summed E-state index contributed by atoms with van der Waals surface area (Å²) in [6.45, 7) is 1.78. The van der Waals surface area contributed by atoms with Crippen molar-refractivity contribution in [1.29, 1.82) is 0 Å². The van der Waals surface area contributed by atoms with E-state index < -0.39 is 33.9 Å². The number of halogens is 3. The van der Waals surface area contributed by atoms with Crippen molar-refractivity contribution in [3.63, 3.8) is 0 Å². The first-order chi connectivity index (χ1) is 11.2. The Morgan fingerprint density at radius 2 is 2.17 bits per heavy atom. The first-order valence-electron chi connectivity index (χ1n) is 6.37. The largest absolute Gasteiger partial charge is 0.418 e. The van der Waals surface area contributed by atoms with Crippen LogP contribution in [-0.4, -0.2) is 21.6 Å². The number of nitro benzene ring substituents is 1. The number of anilines is 1. The zero-order valence-corrected chi connectivity index (χ0v) is 13.7. The quantitative estimate of drug-likeness (QED) is 0.481. The average molecular weight is 377 g/mol. The Balaban J connectivity index is 2.13. The minimum atomic E-state index is -4.83. The maximum absolute atomic E-state index is 13.0. The highest BCUT2D eigenvalue weighted by atomic mass is 32.2. The second-order valence-corrected chi connectivity index (χ2v) is 6.66. The number of thioether (sulfide) groups is 1. The number of benzene rings is 1. The summed E-state index contributed by atoms with van der Waals surface area (Å²) in [6.07, 6.45) is -4.83. The second kappa shape index (κ2) is 7.18. The highest BCUT2D eigenvalue weighted by Gasteiger charge is 2.35. The number of alkyl halides is 3. The van der Waals surface area contributed by atoms with Gasteiger partial charge in [-0.1, -0.05) is 11.8 Å². The number of carbonyl (C=O) groups excluding carboxylic acids is 1. The average Bonchev–Trinajstić information content (AvgIpc) is 2.90. The standard InChI is InChI=1S/C13H10F3N3O3S2/c1-7-5-23-12(17-7)24-6-11(20)18-10-3-2-8(19(21)22)4-9(10)13(14,15)16/h2-5H,6H2,1H3,(H,18,20). The van der Waals surface area contributed by atoms with Gasteiger partial charge in [-0.3, -0.25) is 14.9 Å². The number of nitro groups is 1. The number of hydrogen-bond acceptors (Lipinski definition) is 6. The van der Waals surface area contributed by atoms with Crippen LogP contribution in [0.3, 0.4) is 0 Å². The van der Waals surface area contributed by atoms with Gasteiger partial charge >= 0.3 is 6.18 Å². The molecule has 128 valence electrons. The molecule has 1 N–H and O–H groups in total. The lowest BCUT2D eigenvalue weighted by atomic mass is 10.1. The topological polar surface area (TPSA) is 85.1 Å². The van der Waals surface area contributed by atoms with E-state index in [2.05, 4.69) is 10.3 Å². The predicted molar refractivity (Wildman–Crippen MR) is 84.3 cm³/mol. The fourth-order valence-corrected chi connectivity index (χ4v) is 3.35. The molecule has 1 heterocycles. The maximum atomic E-state index is 13.0. The third-order valence-electron chi connectivity index (χ3n) is 2.72. The summed E-state index contributed by atoms with van der Waals surface area (Å²) >= 11 is 2.42. The SMILES string of the molecule is Cc1csc(SCC(=O)Nc2ccc([N+](=O)[O-])cc2C(F)(F)F)n1. The van der Waals surface area contributed by atoms with Crippen LogP contribution in [0.25, 0.3) is 0 Å². The van der Waals surface area contributed by atoms with Crippen molar-refractivity contribution in [2.24, 2.45) is 0 Å². The molecule has 0 aliphatic heterocycles. The summed E-state index contributed by atoms with van der Waals surface area (Å²) in [6, 6.07) is 2.17. The third-order valence-corrected chi connectivity index (χ3v) is 4.86. The van der Waals surface area contributed by atoms with Crippen molar-refractivity contribution in [3.05, 3.63) is 45.0 Å². The number of carbonyl (C=O) groups is 1. The predicted octanol–water partition coefficient (Wildman–Crippen LogP) is 4.11. The molecule has 0 spiro atoms. The number of hydrogen-bond donors (Lipinski definition) is 1. The summed E-state index contributed by atoms with van der Waals surface area (Å²) in [7, 11) is 0. The number of amides is 1. The molecule has 0 saturated carbocycles. The molecule has 0 aliphatic carbocycles. The summed E-state index contributed by atoms with van der Waals surface area (Å²) in [5.41, 5.74) is -1.69. The molecular formula is C13H10F3N3O3S2. The molecule has 11 heteroatoms. The van der Waals surface area contributed by atoms with E-state index in [0.717, 1.165) is 29.6 Å². The molecule has 0 unspecified atom stereocenters. The van der Waals surface area contributed by atoms with Crippen LogP contribution in [0.1, 0.15) is 11.3 Å². The van der Waals surface area contributed by atoms with Gasteiger partial charge in [0, 0.05) is 23.2 Å². The summed E-state index contributed by atoms with van der Waals surface area (Å²) in [5.74, 6) is -0.784. The highest BCUT2D eigenvalue weighted by Crippen LogP contribution is 2.37. The van der Waals surface area contributed by atoms with Crippen molar-refractivity contribution in [3.8, 4) is 0 Å². The van der Waals surface area contributed by atoms with Gasteiger partial charge in [-0.25, -0.2) is 4.98 Å². The molecule has 2 rings (SSSR count). The normalized spacial score (nSPS) is 11.3. The number of non-ortho nitro benzene ring substituents is 1. The molecule has 1 amide bonds. The van der Waals surface area contributed by atoms with Crippen molar-refractivity contribution in [2.75, 3.05) is 11.1 Å². The van der Waals surface area contributed by atoms with Gasteiger partial charge in [0.25, 0.3) is 5.69 Å². The van der Waals surface area contributed by atoms with Gasteiger partial charge in [0.1, 0.15) is 0 Å². The minimum Gasteiger partial charge on any atom is -0.325 e. The second-order valence-electron chi connectivity index (χ2n) is 4.58. The fourth-order valence-electron chi connectivity index (χ4n) is 1.70. The Bertz CT molecular complexity index is 777. The van der Waals surface area contributed by atoms with Crippen LogP contribution in [0.2, 0.25) is 0 Å². The lowest BCUT2D eigenvalue weighted by Gasteiger charge is -2.13. The van der Waals surface area contributed by atoms with Gasteiger partial charge in [-0.05, 0) is 13.0 Å². The van der Waals surface area contributed by atoms with Gasteiger partial charge in [-0.15, -0.1) is 11.3 Å². The molecule has 2 aromatic rings. The van der Waals surface area contributed by atoms with E-state index in [-0.39, 0.29) is 5.75 Å². The maximum Gasteiger partial charge on any atom is 0.418 e. The fraction of sp³-hybridized carbons (Fsp3) is 0.231. The molecule has 0 saturated heterocycles. The van der Waals surface area contributed by atoms with Gasteiger partial charge in [0.2, 0.25) is 5.91 Å². The molecule has 1 aromatic carbocycles. The van der Waals surface area contributed by atoms with Crippen molar-refractivity contribution in [1.82, 2.24) is 4.98 Å². The van der Waals surface area contributed by atoms with E-state index in [1.54, 1.807) is 12.3 Å². The monoisotopic (exact) mass is 377 g/mol. The van der Waals surface area contributed by atoms with Crippen LogP contribution in [0.4, 0.5) is 24.5 Å². The van der Waals surface area contributed by atoms with Gasteiger partial charge in [0.15, 0.2) is 4.34 Å². The number of aromatic nitrogens is 1. The number of nitrogens with one attached hydrogen (secondary N) is 1. The summed E-state index contributed by atoms with van der Waals surface area (Å²) < 4.78 is 39.7. The number of aryl methyl sites for hydroxylation is 1. The van der Waals surface area contributed by atoms with Crippen LogP contribution in [-0.2, 0) is 11.0 Å². The lowest BCUT2D eigenvalue weighted by molar-refractivity contribution is -0.385. The van der Waals surface area contributed by atoms with E-state index in [4.69, 9.17) is 0 Å². The molecule has 0 bridgehead atoms. The highest BCUT2D eigenvalue weighted by molar-refractivity contribution is 8.01. The van der Waals surface area contributed by atoms with Crippen molar-refractivity contribution < 1.29 is 22.9 Å². The molecule has 24 heavy (non-hydrogen) atoms. The molecular weight excluding hydrogens is 367 g/mol. The van der Waals surface area contributed by atoms with Crippen molar-refractivity contribution in [2.45, 2.75) is 17.4 Å². The lowest BCUT2D eigenvalue weighted by Crippen LogP contribution is -2.18. The first kappa shape index (κ1) is 18.2. The summed E-state index contributed by atoms with van der Waals surface area (Å²) in [4.78, 5) is 25.6. The Kier molecular flexibility index (Phi) is 5.44. The number of thiazole rings is 1. The Hall–Kier alpha value is -2.14. The first-order valence-corrected chi connectivity index (χ1v) is 8.24. The van der Waals surface area contributed by atoms with E-state index in [1.807, 2.05) is 0 Å². The molecule has 0 fully saturated rings. The molecule has 6 nitrogen and oxygen atoms in total. The number of rotatable bonds is 5. The van der Waals surface area contributed by atoms with E-state index >= 15 is 0 Å². The zero-order chi connectivity index (χ0) is 17.9. The van der Waals surface area contributed by atoms with Gasteiger partial charge < -0.3 is 5.32 Å². The Morgan fingerprint density at radius 1 is 1.46 bits per heavy atom. The van der Waals surface area contributed by atoms with E-state index in [9.17, 15) is 28.1 Å². The zero-order valence-electron chi connectivity index (χ0n) is 12.1. The molecule has 0 aliphatic rings. The van der Waals surface area contributed by atoms with Crippen LogP contribution in [0.15, 0.2) is 27.9 Å². The van der Waals surface area contributed by atoms with Crippen LogP contribution in [0, 0.1) is 17.0 Å².